The lowest BCUT2D eigenvalue weighted by Gasteiger charge is -2.05. The number of ketones is 1. The van der Waals surface area contributed by atoms with E-state index in [0.717, 1.165) is 6.42 Å². The number of nitrogen functional groups attached to an aromatic ring is 2. The molecule has 1 aromatic heterocycles. The van der Waals surface area contributed by atoms with Crippen molar-refractivity contribution in [3.8, 4) is 0 Å². The van der Waals surface area contributed by atoms with Crippen LogP contribution in [0.1, 0.15) is 12.0 Å². The zero-order chi connectivity index (χ0) is 13.0. The van der Waals surface area contributed by atoms with Gasteiger partial charge in [-0.25, -0.2) is 4.98 Å². The first-order valence-corrected chi connectivity index (χ1v) is 5.74. The molecule has 4 heteroatoms. The fourth-order valence-electron chi connectivity index (χ4n) is 1.71. The standard InChI is InChI=1S/C14H15N3O/c15-13-8-7-11(14(16)17-13)9-12(18)10-5-3-1-2-4-6-10/h1,3-8H,2,9H2,(H4,15,16,17). The van der Waals surface area contributed by atoms with Crippen LogP contribution in [0, 0.1) is 0 Å². The van der Waals surface area contributed by atoms with Gasteiger partial charge in [0.15, 0.2) is 5.78 Å². The van der Waals surface area contributed by atoms with Crippen molar-refractivity contribution < 1.29 is 4.79 Å². The quantitative estimate of drug-likeness (QED) is 0.845. The van der Waals surface area contributed by atoms with E-state index in [0.29, 0.717) is 22.8 Å². The van der Waals surface area contributed by atoms with Crippen molar-refractivity contribution in [1.29, 1.82) is 0 Å². The van der Waals surface area contributed by atoms with Gasteiger partial charge in [-0.1, -0.05) is 36.4 Å². The van der Waals surface area contributed by atoms with Crippen molar-refractivity contribution in [3.05, 3.63) is 53.6 Å². The second-order valence-electron chi connectivity index (χ2n) is 4.07. The summed E-state index contributed by atoms with van der Waals surface area (Å²) in [7, 11) is 0. The second-order valence-corrected chi connectivity index (χ2v) is 4.07. The summed E-state index contributed by atoms with van der Waals surface area (Å²) >= 11 is 0. The molecule has 0 aliphatic heterocycles. The first kappa shape index (κ1) is 12.1. The molecule has 0 saturated carbocycles. The normalized spacial score (nSPS) is 14.1. The SMILES string of the molecule is Nc1ccc(CC(=O)C2=CC=CCC=C2)c(N)n1. The van der Waals surface area contributed by atoms with E-state index < -0.39 is 0 Å². The molecule has 1 aliphatic carbocycles. The van der Waals surface area contributed by atoms with E-state index in [1.54, 1.807) is 12.1 Å². The third kappa shape index (κ3) is 2.85. The zero-order valence-corrected chi connectivity index (χ0v) is 9.97. The van der Waals surface area contributed by atoms with Gasteiger partial charge in [-0.15, -0.1) is 0 Å². The number of Topliss-reactive ketones (excluding diaryl/α,β-unsaturated/α-hetero) is 1. The average molecular weight is 241 g/mol. The molecule has 0 fully saturated rings. The van der Waals surface area contributed by atoms with Gasteiger partial charge in [-0.2, -0.15) is 0 Å². The van der Waals surface area contributed by atoms with Crippen LogP contribution >= 0.6 is 0 Å². The van der Waals surface area contributed by atoms with E-state index >= 15 is 0 Å². The zero-order valence-electron chi connectivity index (χ0n) is 9.97. The first-order chi connectivity index (χ1) is 8.66. The minimum Gasteiger partial charge on any atom is -0.384 e. The van der Waals surface area contributed by atoms with Crippen LogP contribution in [0.5, 0.6) is 0 Å². The summed E-state index contributed by atoms with van der Waals surface area (Å²) in [5.74, 6) is 0.702. The van der Waals surface area contributed by atoms with Gasteiger partial charge in [-0.3, -0.25) is 4.79 Å². The van der Waals surface area contributed by atoms with Gasteiger partial charge in [0, 0.05) is 17.6 Å². The Morgan fingerprint density at radius 3 is 2.89 bits per heavy atom. The number of nitrogens with two attached hydrogens (primary N) is 2. The number of pyridine rings is 1. The molecule has 1 aromatic rings. The van der Waals surface area contributed by atoms with Crippen LogP contribution < -0.4 is 11.5 Å². The maximum absolute atomic E-state index is 12.1. The first-order valence-electron chi connectivity index (χ1n) is 5.74. The van der Waals surface area contributed by atoms with Gasteiger partial charge in [-0.05, 0) is 12.5 Å². The molecule has 0 atom stereocenters. The molecule has 0 unspecified atom stereocenters. The highest BCUT2D eigenvalue weighted by atomic mass is 16.1. The fraction of sp³-hybridized carbons (Fsp3) is 0.143. The lowest BCUT2D eigenvalue weighted by Crippen LogP contribution is -2.08. The molecule has 0 amide bonds. The third-order valence-corrected chi connectivity index (χ3v) is 2.69. The molecule has 0 saturated heterocycles. The second kappa shape index (κ2) is 5.31. The summed E-state index contributed by atoms with van der Waals surface area (Å²) in [4.78, 5) is 16.0. The van der Waals surface area contributed by atoms with Crippen LogP contribution in [0.25, 0.3) is 0 Å². The number of aromatic nitrogens is 1. The van der Waals surface area contributed by atoms with Crippen LogP contribution in [0.4, 0.5) is 11.6 Å². The summed E-state index contributed by atoms with van der Waals surface area (Å²) in [6.45, 7) is 0. The number of hydrogen-bond donors (Lipinski definition) is 2. The van der Waals surface area contributed by atoms with Gasteiger partial charge in [0.1, 0.15) is 11.6 Å². The molecule has 4 nitrogen and oxygen atoms in total. The summed E-state index contributed by atoms with van der Waals surface area (Å²) in [5.41, 5.74) is 12.6. The molecule has 92 valence electrons. The lowest BCUT2D eigenvalue weighted by atomic mass is 10.0. The number of rotatable bonds is 3. The van der Waals surface area contributed by atoms with Crippen molar-refractivity contribution >= 4 is 17.4 Å². The van der Waals surface area contributed by atoms with Gasteiger partial charge < -0.3 is 11.5 Å². The van der Waals surface area contributed by atoms with E-state index in [9.17, 15) is 4.79 Å². The summed E-state index contributed by atoms with van der Waals surface area (Å²) in [6, 6.07) is 3.39. The number of carbonyl (C=O) groups is 1. The molecule has 1 aliphatic rings. The maximum Gasteiger partial charge on any atom is 0.167 e. The number of hydrogen-bond acceptors (Lipinski definition) is 4. The predicted octanol–water partition coefficient (Wildman–Crippen LogP) is 1.80. The van der Waals surface area contributed by atoms with Crippen molar-refractivity contribution in [3.63, 3.8) is 0 Å². The number of anilines is 2. The van der Waals surface area contributed by atoms with Crippen LogP contribution in [-0.4, -0.2) is 10.8 Å². The smallest absolute Gasteiger partial charge is 0.167 e. The predicted molar refractivity (Wildman–Crippen MR) is 72.8 cm³/mol. The summed E-state index contributed by atoms with van der Waals surface area (Å²) < 4.78 is 0. The molecule has 0 spiro atoms. The molecular formula is C14H15N3O. The minimum absolute atomic E-state index is 0.0241. The van der Waals surface area contributed by atoms with Gasteiger partial charge in [0.05, 0.1) is 0 Å². The molecular weight excluding hydrogens is 226 g/mol. The fourth-order valence-corrected chi connectivity index (χ4v) is 1.71. The maximum atomic E-state index is 12.1. The number of carbonyl (C=O) groups excluding carboxylic acids is 1. The van der Waals surface area contributed by atoms with Gasteiger partial charge in [0.2, 0.25) is 0 Å². The van der Waals surface area contributed by atoms with E-state index in [-0.39, 0.29) is 12.2 Å². The molecule has 18 heavy (non-hydrogen) atoms. The summed E-state index contributed by atoms with van der Waals surface area (Å²) in [5, 5.41) is 0. The Hall–Kier alpha value is -2.36. The van der Waals surface area contributed by atoms with E-state index in [2.05, 4.69) is 4.98 Å². The highest BCUT2D eigenvalue weighted by Gasteiger charge is 2.11. The van der Waals surface area contributed by atoms with Crippen LogP contribution in [0.3, 0.4) is 0 Å². The van der Waals surface area contributed by atoms with E-state index in [1.165, 1.54) is 0 Å². The van der Waals surface area contributed by atoms with E-state index in [1.807, 2.05) is 30.4 Å². The topological polar surface area (TPSA) is 82.0 Å². The average Bonchev–Trinajstić information content (AvgIpc) is 2.61. The van der Waals surface area contributed by atoms with Crippen molar-refractivity contribution in [2.45, 2.75) is 12.8 Å². The summed E-state index contributed by atoms with van der Waals surface area (Å²) in [6.07, 6.45) is 10.6. The van der Waals surface area contributed by atoms with Gasteiger partial charge >= 0.3 is 0 Å². The number of allylic oxidation sites excluding steroid dienone is 6. The minimum atomic E-state index is 0.0241. The Kier molecular flexibility index (Phi) is 3.57. The van der Waals surface area contributed by atoms with Crippen LogP contribution in [-0.2, 0) is 11.2 Å². The Bertz CT molecular complexity index is 556. The molecule has 2 rings (SSSR count). The van der Waals surface area contributed by atoms with Crippen molar-refractivity contribution in [2.75, 3.05) is 11.5 Å². The highest BCUT2D eigenvalue weighted by molar-refractivity contribution is 6.00. The third-order valence-electron chi connectivity index (χ3n) is 2.69. The van der Waals surface area contributed by atoms with Crippen LogP contribution in [0.15, 0.2) is 48.1 Å². The van der Waals surface area contributed by atoms with Gasteiger partial charge in [0.25, 0.3) is 0 Å². The van der Waals surface area contributed by atoms with Crippen molar-refractivity contribution in [2.24, 2.45) is 0 Å². The Balaban J connectivity index is 2.16. The number of nitrogens with zero attached hydrogens (tertiary/aromatic N) is 1. The van der Waals surface area contributed by atoms with Crippen molar-refractivity contribution in [1.82, 2.24) is 4.98 Å². The Morgan fingerprint density at radius 2 is 2.11 bits per heavy atom. The Labute approximate surface area is 106 Å². The molecule has 0 radical (unpaired) electrons. The molecule has 4 N–H and O–H groups in total. The monoisotopic (exact) mass is 241 g/mol. The lowest BCUT2D eigenvalue weighted by molar-refractivity contribution is -0.114. The largest absolute Gasteiger partial charge is 0.384 e. The Morgan fingerprint density at radius 1 is 1.28 bits per heavy atom. The molecule has 0 aromatic carbocycles. The molecule has 0 bridgehead atoms. The van der Waals surface area contributed by atoms with Crippen LogP contribution in [0.2, 0.25) is 0 Å². The van der Waals surface area contributed by atoms with E-state index in [4.69, 9.17) is 11.5 Å². The highest BCUT2D eigenvalue weighted by Crippen LogP contribution is 2.15. The molecule has 1 heterocycles.